The van der Waals surface area contributed by atoms with Gasteiger partial charge in [-0.15, -0.1) is 0 Å². The maximum Gasteiger partial charge on any atom is 0.338 e. The molecule has 0 radical (unpaired) electrons. The fraction of sp³-hybridized carbons (Fsp3) is 0.500. The lowest BCUT2D eigenvalue weighted by Gasteiger charge is -2.22. The fourth-order valence-electron chi connectivity index (χ4n) is 1.41. The van der Waals surface area contributed by atoms with E-state index in [9.17, 15) is 9.90 Å². The molecule has 0 amide bonds. The van der Waals surface area contributed by atoms with Crippen LogP contribution in [0, 0.1) is 0 Å². The molecule has 6 heteroatoms. The van der Waals surface area contributed by atoms with E-state index in [4.69, 9.17) is 0 Å². The molecule has 1 aromatic heterocycles. The van der Waals surface area contributed by atoms with Crippen molar-refractivity contribution in [2.24, 2.45) is 0 Å². The molecule has 0 spiro atoms. The van der Waals surface area contributed by atoms with Crippen molar-refractivity contribution in [3.8, 4) is 0 Å². The maximum absolute atomic E-state index is 11.3. The van der Waals surface area contributed by atoms with Crippen molar-refractivity contribution in [2.45, 2.75) is 12.5 Å². The third-order valence-electron chi connectivity index (χ3n) is 2.29. The van der Waals surface area contributed by atoms with Gasteiger partial charge in [0, 0.05) is 18.5 Å². The SMILES string of the molecule is COC(=O)c1ccnc(NCC(C)(O)CSC)c1. The Morgan fingerprint density at radius 2 is 2.39 bits per heavy atom. The van der Waals surface area contributed by atoms with E-state index in [1.54, 1.807) is 30.8 Å². The number of aromatic nitrogens is 1. The van der Waals surface area contributed by atoms with Crippen molar-refractivity contribution in [1.82, 2.24) is 4.98 Å². The summed E-state index contributed by atoms with van der Waals surface area (Å²) in [6, 6.07) is 3.18. The van der Waals surface area contributed by atoms with Gasteiger partial charge >= 0.3 is 5.97 Å². The quantitative estimate of drug-likeness (QED) is 0.761. The number of carbonyl (C=O) groups is 1. The lowest BCUT2D eigenvalue weighted by molar-refractivity contribution is 0.0600. The van der Waals surface area contributed by atoms with Gasteiger partial charge in [-0.1, -0.05) is 0 Å². The van der Waals surface area contributed by atoms with Gasteiger partial charge in [-0.3, -0.25) is 0 Å². The van der Waals surface area contributed by atoms with Gasteiger partial charge in [-0.25, -0.2) is 9.78 Å². The molecule has 0 bridgehead atoms. The van der Waals surface area contributed by atoms with E-state index in [-0.39, 0.29) is 0 Å². The smallest absolute Gasteiger partial charge is 0.338 e. The number of esters is 1. The molecule has 100 valence electrons. The second kappa shape index (κ2) is 6.61. The summed E-state index contributed by atoms with van der Waals surface area (Å²) in [6.45, 7) is 2.12. The average Bonchev–Trinajstić information content (AvgIpc) is 2.36. The van der Waals surface area contributed by atoms with E-state index >= 15 is 0 Å². The Balaban J connectivity index is 2.65. The van der Waals surface area contributed by atoms with Gasteiger partial charge < -0.3 is 15.2 Å². The minimum Gasteiger partial charge on any atom is -0.465 e. The zero-order valence-electron chi connectivity index (χ0n) is 10.8. The van der Waals surface area contributed by atoms with Crippen molar-refractivity contribution < 1.29 is 14.6 Å². The first-order valence-electron chi connectivity index (χ1n) is 5.48. The van der Waals surface area contributed by atoms with Gasteiger partial charge in [0.2, 0.25) is 0 Å². The first-order chi connectivity index (χ1) is 8.48. The Kier molecular flexibility index (Phi) is 5.43. The molecule has 0 aromatic carbocycles. The first-order valence-corrected chi connectivity index (χ1v) is 6.87. The average molecular weight is 270 g/mol. The van der Waals surface area contributed by atoms with Crippen molar-refractivity contribution in [1.29, 1.82) is 0 Å². The number of nitrogens with one attached hydrogen (secondary N) is 1. The molecule has 1 heterocycles. The Labute approximate surface area is 111 Å². The van der Waals surface area contributed by atoms with Crippen molar-refractivity contribution in [3.63, 3.8) is 0 Å². The molecule has 5 nitrogen and oxygen atoms in total. The van der Waals surface area contributed by atoms with Crippen LogP contribution in [-0.2, 0) is 4.74 Å². The van der Waals surface area contributed by atoms with Crippen molar-refractivity contribution in [3.05, 3.63) is 23.9 Å². The van der Waals surface area contributed by atoms with Crippen molar-refractivity contribution >= 4 is 23.5 Å². The first kappa shape index (κ1) is 14.8. The summed E-state index contributed by atoms with van der Waals surface area (Å²) in [6.07, 6.45) is 3.46. The highest BCUT2D eigenvalue weighted by Gasteiger charge is 2.19. The highest BCUT2D eigenvalue weighted by Crippen LogP contribution is 2.13. The second-order valence-electron chi connectivity index (χ2n) is 4.20. The molecule has 18 heavy (non-hydrogen) atoms. The second-order valence-corrected chi connectivity index (χ2v) is 5.07. The van der Waals surface area contributed by atoms with E-state index in [1.807, 2.05) is 6.26 Å². The van der Waals surface area contributed by atoms with E-state index < -0.39 is 11.6 Å². The molecular formula is C12H18N2O3S. The number of rotatable bonds is 6. The lowest BCUT2D eigenvalue weighted by atomic mass is 10.1. The van der Waals surface area contributed by atoms with E-state index in [0.717, 1.165) is 0 Å². The number of methoxy groups -OCH3 is 1. The Morgan fingerprint density at radius 1 is 1.67 bits per heavy atom. The summed E-state index contributed by atoms with van der Waals surface area (Å²) in [5.41, 5.74) is -0.387. The predicted molar refractivity (Wildman–Crippen MR) is 73.1 cm³/mol. The predicted octanol–water partition coefficient (Wildman–Crippen LogP) is 1.39. The van der Waals surface area contributed by atoms with Crippen LogP contribution >= 0.6 is 11.8 Å². The Bertz CT molecular complexity index is 410. The van der Waals surface area contributed by atoms with Crippen LogP contribution in [0.25, 0.3) is 0 Å². The molecule has 0 aliphatic rings. The number of nitrogens with zero attached hydrogens (tertiary/aromatic N) is 1. The molecule has 0 saturated heterocycles. The molecule has 0 aliphatic heterocycles. The highest BCUT2D eigenvalue weighted by molar-refractivity contribution is 7.98. The van der Waals surface area contributed by atoms with Crippen LogP contribution in [0.3, 0.4) is 0 Å². The third kappa shape index (κ3) is 4.54. The standard InChI is InChI=1S/C12H18N2O3S/c1-12(16,8-18-3)7-14-10-6-9(4-5-13-10)11(15)17-2/h4-6,16H,7-8H2,1-3H3,(H,13,14). The van der Waals surface area contributed by atoms with Gasteiger partial charge in [-0.2, -0.15) is 11.8 Å². The van der Waals surface area contributed by atoms with Crippen LogP contribution in [0.5, 0.6) is 0 Å². The number of thioether (sulfide) groups is 1. The molecular weight excluding hydrogens is 252 g/mol. The number of anilines is 1. The van der Waals surface area contributed by atoms with Crippen LogP contribution in [0.15, 0.2) is 18.3 Å². The summed E-state index contributed by atoms with van der Waals surface area (Å²) in [5.74, 6) is 0.757. The monoisotopic (exact) mass is 270 g/mol. The Hall–Kier alpha value is -1.27. The molecule has 1 aromatic rings. The summed E-state index contributed by atoms with van der Waals surface area (Å²) >= 11 is 1.57. The van der Waals surface area contributed by atoms with E-state index in [1.165, 1.54) is 13.3 Å². The van der Waals surface area contributed by atoms with Crippen LogP contribution < -0.4 is 5.32 Å². The number of carbonyl (C=O) groups excluding carboxylic acids is 1. The molecule has 2 N–H and O–H groups in total. The van der Waals surface area contributed by atoms with Crippen molar-refractivity contribution in [2.75, 3.05) is 31.0 Å². The van der Waals surface area contributed by atoms with E-state index in [2.05, 4.69) is 15.0 Å². The largest absolute Gasteiger partial charge is 0.465 e. The maximum atomic E-state index is 11.3. The molecule has 0 saturated carbocycles. The number of hydrogen-bond acceptors (Lipinski definition) is 6. The van der Waals surface area contributed by atoms with E-state index in [0.29, 0.717) is 23.7 Å². The van der Waals surface area contributed by atoms with Crippen LogP contribution in [0.1, 0.15) is 17.3 Å². The number of aliphatic hydroxyl groups is 1. The molecule has 1 unspecified atom stereocenters. The minimum absolute atomic E-state index is 0.367. The normalized spacial score (nSPS) is 13.8. The summed E-state index contributed by atoms with van der Waals surface area (Å²) in [4.78, 5) is 15.4. The Morgan fingerprint density at radius 3 is 3.00 bits per heavy atom. The topological polar surface area (TPSA) is 71.5 Å². The van der Waals surface area contributed by atoms with Gasteiger partial charge in [0.05, 0.1) is 18.3 Å². The zero-order valence-corrected chi connectivity index (χ0v) is 11.6. The minimum atomic E-state index is -0.817. The van der Waals surface area contributed by atoms with Crippen LogP contribution in [-0.4, -0.2) is 47.3 Å². The van der Waals surface area contributed by atoms with Gasteiger partial charge in [0.15, 0.2) is 0 Å². The summed E-state index contributed by atoms with van der Waals surface area (Å²) in [7, 11) is 1.33. The third-order valence-corrected chi connectivity index (χ3v) is 3.20. The molecule has 0 fully saturated rings. The van der Waals surface area contributed by atoms with Crippen LogP contribution in [0.4, 0.5) is 5.82 Å². The molecule has 0 aliphatic carbocycles. The zero-order chi connectivity index (χ0) is 13.6. The van der Waals surface area contributed by atoms with Gasteiger partial charge in [0.25, 0.3) is 0 Å². The number of ether oxygens (including phenoxy) is 1. The van der Waals surface area contributed by atoms with Gasteiger partial charge in [-0.05, 0) is 25.3 Å². The highest BCUT2D eigenvalue weighted by atomic mass is 32.2. The lowest BCUT2D eigenvalue weighted by Crippen LogP contribution is -2.36. The number of hydrogen-bond donors (Lipinski definition) is 2. The number of pyridine rings is 1. The summed E-state index contributed by atoms with van der Waals surface area (Å²) < 4.78 is 4.63. The summed E-state index contributed by atoms with van der Waals surface area (Å²) in [5, 5.41) is 13.0. The van der Waals surface area contributed by atoms with Gasteiger partial charge in [0.1, 0.15) is 5.82 Å². The molecule has 1 atom stereocenters. The molecule has 1 rings (SSSR count). The fourth-order valence-corrected chi connectivity index (χ4v) is 2.14. The van der Waals surface area contributed by atoms with Crippen LogP contribution in [0.2, 0.25) is 0 Å².